The number of rotatable bonds is 7. The predicted octanol–water partition coefficient (Wildman–Crippen LogP) is 0.677. The molecule has 1 aromatic carbocycles. The highest BCUT2D eigenvalue weighted by Gasteiger charge is 2.27. The maximum atomic E-state index is 12.7. The molecular formula is C18H27ClN4O4S. The van der Waals surface area contributed by atoms with Crippen LogP contribution in [0.25, 0.3) is 0 Å². The van der Waals surface area contributed by atoms with E-state index < -0.39 is 16.1 Å². The fourth-order valence-electron chi connectivity index (χ4n) is 3.04. The normalized spacial score (nSPS) is 17.0. The molecule has 2 N–H and O–H groups in total. The standard InChI is InChI=1S/C18H27ClN4O4S/c1-3-20-17(24)13-22-9-4-10-23(12-11-22)18(25)14(2)21-28(26,27)16-7-5-15(19)6-8-16/h5-8,14,21H,3-4,9-13H2,1-2H3,(H,20,24)/t14-/m0/s1. The predicted molar refractivity (Wildman–Crippen MR) is 108 cm³/mol. The highest BCUT2D eigenvalue weighted by molar-refractivity contribution is 7.89. The Labute approximate surface area is 171 Å². The van der Waals surface area contributed by atoms with Crippen molar-refractivity contribution in [2.45, 2.75) is 31.2 Å². The van der Waals surface area contributed by atoms with Crippen molar-refractivity contribution in [1.29, 1.82) is 0 Å². The topological polar surface area (TPSA) is 98.8 Å². The summed E-state index contributed by atoms with van der Waals surface area (Å²) < 4.78 is 27.4. The second-order valence-corrected chi connectivity index (χ2v) is 8.86. The molecule has 0 unspecified atom stereocenters. The van der Waals surface area contributed by atoms with Crippen molar-refractivity contribution in [3.8, 4) is 0 Å². The van der Waals surface area contributed by atoms with Gasteiger partial charge in [-0.2, -0.15) is 4.72 Å². The number of amides is 2. The Morgan fingerprint density at radius 1 is 1.14 bits per heavy atom. The second kappa shape index (κ2) is 10.2. The SMILES string of the molecule is CCNC(=O)CN1CCCN(C(=O)[C@H](C)NS(=O)(=O)c2ccc(Cl)cc2)CC1. The first kappa shape index (κ1) is 22.6. The third-order valence-corrected chi connectivity index (χ3v) is 6.28. The van der Waals surface area contributed by atoms with Crippen molar-refractivity contribution in [3.05, 3.63) is 29.3 Å². The lowest BCUT2D eigenvalue weighted by molar-refractivity contribution is -0.132. The molecule has 0 spiro atoms. The van der Waals surface area contributed by atoms with E-state index in [2.05, 4.69) is 10.0 Å². The Bertz CT molecular complexity index is 785. The van der Waals surface area contributed by atoms with E-state index in [0.717, 1.165) is 6.42 Å². The third kappa shape index (κ3) is 6.44. The second-order valence-electron chi connectivity index (χ2n) is 6.71. The van der Waals surface area contributed by atoms with Crippen LogP contribution >= 0.6 is 11.6 Å². The van der Waals surface area contributed by atoms with E-state index in [-0.39, 0.29) is 16.7 Å². The Morgan fingerprint density at radius 3 is 2.46 bits per heavy atom. The van der Waals surface area contributed by atoms with Crippen LogP contribution in [0, 0.1) is 0 Å². The van der Waals surface area contributed by atoms with Crippen LogP contribution in [-0.4, -0.2) is 75.3 Å². The van der Waals surface area contributed by atoms with Crippen molar-refractivity contribution in [2.75, 3.05) is 39.3 Å². The van der Waals surface area contributed by atoms with E-state index in [0.29, 0.717) is 44.3 Å². The molecule has 0 bridgehead atoms. The van der Waals surface area contributed by atoms with E-state index in [4.69, 9.17) is 11.6 Å². The van der Waals surface area contributed by atoms with Crippen molar-refractivity contribution in [3.63, 3.8) is 0 Å². The van der Waals surface area contributed by atoms with Gasteiger partial charge in [0.25, 0.3) is 0 Å². The molecule has 2 amide bonds. The van der Waals surface area contributed by atoms with E-state index >= 15 is 0 Å². The number of nitrogens with one attached hydrogen (secondary N) is 2. The molecule has 0 radical (unpaired) electrons. The van der Waals surface area contributed by atoms with Crippen molar-refractivity contribution < 1.29 is 18.0 Å². The third-order valence-electron chi connectivity index (χ3n) is 4.47. The summed E-state index contributed by atoms with van der Waals surface area (Å²) in [7, 11) is -3.82. The lowest BCUT2D eigenvalue weighted by atomic mass is 10.3. The maximum Gasteiger partial charge on any atom is 0.241 e. The van der Waals surface area contributed by atoms with Gasteiger partial charge < -0.3 is 10.2 Å². The molecule has 0 aliphatic carbocycles. The minimum atomic E-state index is -3.82. The molecule has 1 aromatic rings. The molecule has 1 aliphatic heterocycles. The molecule has 28 heavy (non-hydrogen) atoms. The first-order valence-corrected chi connectivity index (χ1v) is 11.1. The van der Waals surface area contributed by atoms with Gasteiger partial charge in [-0.3, -0.25) is 14.5 Å². The largest absolute Gasteiger partial charge is 0.355 e. The van der Waals surface area contributed by atoms with Gasteiger partial charge in [0.2, 0.25) is 21.8 Å². The van der Waals surface area contributed by atoms with Gasteiger partial charge in [-0.25, -0.2) is 8.42 Å². The molecular weight excluding hydrogens is 404 g/mol. The summed E-state index contributed by atoms with van der Waals surface area (Å²) >= 11 is 5.79. The fraction of sp³-hybridized carbons (Fsp3) is 0.556. The number of halogens is 1. The van der Waals surface area contributed by atoms with Gasteiger partial charge in [-0.15, -0.1) is 0 Å². The summed E-state index contributed by atoms with van der Waals surface area (Å²) in [6, 6.07) is 4.87. The van der Waals surface area contributed by atoms with Crippen LogP contribution in [0.3, 0.4) is 0 Å². The van der Waals surface area contributed by atoms with Crippen molar-refractivity contribution in [1.82, 2.24) is 19.8 Å². The first-order valence-electron chi connectivity index (χ1n) is 9.28. The van der Waals surface area contributed by atoms with Crippen LogP contribution in [0.15, 0.2) is 29.2 Å². The summed E-state index contributed by atoms with van der Waals surface area (Å²) in [5, 5.41) is 3.20. The number of benzene rings is 1. The minimum absolute atomic E-state index is 0.0358. The van der Waals surface area contributed by atoms with Gasteiger partial charge in [-0.1, -0.05) is 11.6 Å². The fourth-order valence-corrected chi connectivity index (χ4v) is 4.37. The van der Waals surface area contributed by atoms with Gasteiger partial charge in [-0.05, 0) is 44.5 Å². The van der Waals surface area contributed by atoms with Crippen LogP contribution in [0.1, 0.15) is 20.3 Å². The van der Waals surface area contributed by atoms with E-state index in [1.54, 1.807) is 4.90 Å². The highest BCUT2D eigenvalue weighted by Crippen LogP contribution is 2.15. The molecule has 8 nitrogen and oxygen atoms in total. The molecule has 1 aliphatic rings. The lowest BCUT2D eigenvalue weighted by Crippen LogP contribution is -2.48. The number of hydrogen-bond donors (Lipinski definition) is 2. The monoisotopic (exact) mass is 430 g/mol. The van der Waals surface area contributed by atoms with Crippen LogP contribution in [0.4, 0.5) is 0 Å². The number of sulfonamides is 1. The summed E-state index contributed by atoms with van der Waals surface area (Å²) in [5.41, 5.74) is 0. The number of nitrogens with zero attached hydrogens (tertiary/aromatic N) is 2. The van der Waals surface area contributed by atoms with Gasteiger partial charge in [0, 0.05) is 37.7 Å². The Balaban J connectivity index is 1.93. The lowest BCUT2D eigenvalue weighted by Gasteiger charge is -2.25. The van der Waals surface area contributed by atoms with Gasteiger partial charge in [0.1, 0.15) is 0 Å². The molecule has 1 heterocycles. The molecule has 0 aromatic heterocycles. The maximum absolute atomic E-state index is 12.7. The Hall–Kier alpha value is -1.68. The van der Waals surface area contributed by atoms with Gasteiger partial charge in [0.05, 0.1) is 17.5 Å². The molecule has 1 fully saturated rings. The molecule has 10 heteroatoms. The van der Waals surface area contributed by atoms with Gasteiger partial charge >= 0.3 is 0 Å². The van der Waals surface area contributed by atoms with Crippen LogP contribution in [0.5, 0.6) is 0 Å². The zero-order valence-electron chi connectivity index (χ0n) is 16.2. The summed E-state index contributed by atoms with van der Waals surface area (Å²) in [5.74, 6) is -0.316. The molecule has 2 rings (SSSR count). The average Bonchev–Trinajstić information content (AvgIpc) is 2.86. The average molecular weight is 431 g/mol. The number of likely N-dealkylation sites (N-methyl/N-ethyl adjacent to an activating group) is 1. The molecule has 0 saturated carbocycles. The summed E-state index contributed by atoms with van der Waals surface area (Å²) in [6.45, 7) is 6.55. The van der Waals surface area contributed by atoms with E-state index in [1.807, 2.05) is 11.8 Å². The zero-order valence-corrected chi connectivity index (χ0v) is 17.7. The smallest absolute Gasteiger partial charge is 0.241 e. The Morgan fingerprint density at radius 2 is 1.82 bits per heavy atom. The summed E-state index contributed by atoms with van der Waals surface area (Å²) in [6.07, 6.45) is 0.724. The van der Waals surface area contributed by atoms with Crippen LogP contribution < -0.4 is 10.0 Å². The highest BCUT2D eigenvalue weighted by atomic mass is 35.5. The summed E-state index contributed by atoms with van der Waals surface area (Å²) in [4.78, 5) is 28.2. The van der Waals surface area contributed by atoms with Crippen molar-refractivity contribution in [2.24, 2.45) is 0 Å². The number of carbonyl (C=O) groups is 2. The number of carbonyl (C=O) groups excluding carboxylic acids is 2. The quantitative estimate of drug-likeness (QED) is 0.662. The number of hydrogen-bond acceptors (Lipinski definition) is 5. The van der Waals surface area contributed by atoms with E-state index in [1.165, 1.54) is 31.2 Å². The first-order chi connectivity index (χ1) is 13.2. The van der Waals surface area contributed by atoms with Gasteiger partial charge in [0.15, 0.2) is 0 Å². The van der Waals surface area contributed by atoms with Crippen LogP contribution in [-0.2, 0) is 19.6 Å². The minimum Gasteiger partial charge on any atom is -0.355 e. The zero-order chi connectivity index (χ0) is 20.7. The molecule has 1 atom stereocenters. The van der Waals surface area contributed by atoms with Crippen LogP contribution in [0.2, 0.25) is 5.02 Å². The van der Waals surface area contributed by atoms with Crippen molar-refractivity contribution >= 4 is 33.4 Å². The van der Waals surface area contributed by atoms with E-state index in [9.17, 15) is 18.0 Å². The molecule has 156 valence electrons. The molecule has 1 saturated heterocycles. The Kier molecular flexibility index (Phi) is 8.23.